The molecule has 27 atom stereocenters. The molecule has 8 aromatic heterocycles. The Balaban J connectivity index is 0.000000168. The van der Waals surface area contributed by atoms with Crippen LogP contribution in [-0.2, 0) is 80.6 Å². The molecule has 0 spiro atoms. The number of rotatable bonds is 25. The number of carbonyl (C=O) groups excluding carboxylic acids is 1. The van der Waals surface area contributed by atoms with Crippen LogP contribution in [0.25, 0.3) is 14.5 Å². The maximum Gasteiger partial charge on any atom is 0.351 e. The number of hydrogen-bond donors (Lipinski definition) is 15. The minimum atomic E-state index is -1.31. The fourth-order valence-corrected chi connectivity index (χ4v) is 15.6. The van der Waals surface area contributed by atoms with Gasteiger partial charge in [0, 0.05) is 131 Å². The maximum absolute atomic E-state index is 11.7. The van der Waals surface area contributed by atoms with Crippen molar-refractivity contribution in [2.45, 2.75) is 173 Å². The van der Waals surface area contributed by atoms with Crippen LogP contribution in [0.15, 0.2) is 148 Å². The van der Waals surface area contributed by atoms with E-state index < -0.39 is 163 Å². The first-order chi connectivity index (χ1) is 68.5. The SMILES string of the molecule is COC[C@H]1O[C@@H](n2ccc(N)nc2=O)C[C@@H]1C=O.COC[C@H]1O[C@@H](n2ccc(N)nc2=O)C[C@@H]1CO.COC[C@H]1O[C@@H](n2ccc(N)nc2=O)[C@H](O)[C@@H]1O.COC[C@H]1O[C@@H](n2ccc(N)nc2=O)[C@H]2O[C@H]21.Nc1ccn([C@@H]2O[C@H](CO)[C@@H](O)[C@H]2O)c(=O)n1.[C-]#[N+]C1=C[C@H](n2ccc(N)nc2=O)O[C@@H]1COC.[C-]#[N+]C1C[C@H](n2ccc(N)nc2=O)O[C@@H]1COC.[C-]#[N+][C@H]1[C@H](O)[C@H](n2ccc(N)nc2=O)O[C@@H]1COC. The Kier molecular flexibility index (Phi) is 40.8. The highest BCUT2D eigenvalue weighted by molar-refractivity contribution is 5.55. The molecule has 17 rings (SSSR count). The topological polar surface area (TPSA) is 810 Å². The normalized spacial score (nSPS) is 29.2. The molecule has 0 aromatic carbocycles. The van der Waals surface area contributed by atoms with Crippen LogP contribution in [0.3, 0.4) is 0 Å². The van der Waals surface area contributed by atoms with Crippen molar-refractivity contribution in [1.82, 2.24) is 76.4 Å². The predicted molar refractivity (Wildman–Crippen MR) is 493 cm³/mol. The highest BCUT2D eigenvalue weighted by Gasteiger charge is 2.59. The number of anilines is 8. The zero-order chi connectivity index (χ0) is 104. The number of ether oxygens (including phenoxy) is 16. The molecule has 17 heterocycles. The molecular formula is C84H113N27O32. The number of nitrogens with two attached hydrogens (primary N) is 8. The van der Waals surface area contributed by atoms with Crippen molar-refractivity contribution < 1.29 is 116 Å². The monoisotopic (exact) mass is 2010 g/mol. The molecule has 143 heavy (non-hydrogen) atoms. The van der Waals surface area contributed by atoms with Gasteiger partial charge in [-0.05, 0) is 54.6 Å². The fraction of sp³-hybridized carbons (Fsp3) is 0.548. The number of fused-ring (bicyclic) bond motifs is 1. The fourth-order valence-electron chi connectivity index (χ4n) is 15.6. The lowest BCUT2D eigenvalue weighted by Gasteiger charge is -2.18. The Morgan fingerprint density at radius 1 is 0.350 bits per heavy atom. The van der Waals surface area contributed by atoms with Gasteiger partial charge < -0.3 is 172 Å². The number of aliphatic hydroxyl groups excluding tert-OH is 7. The highest BCUT2D eigenvalue weighted by atomic mass is 16.7. The molecule has 0 aliphatic carbocycles. The maximum atomic E-state index is 11.7. The second kappa shape index (κ2) is 52.4. The number of methoxy groups -OCH3 is 7. The Morgan fingerprint density at radius 2 is 0.678 bits per heavy atom. The molecule has 9 aliphatic rings. The van der Waals surface area contributed by atoms with Crippen molar-refractivity contribution in [2.75, 3.05) is 155 Å². The van der Waals surface area contributed by atoms with Crippen LogP contribution in [0.2, 0.25) is 0 Å². The van der Waals surface area contributed by atoms with Gasteiger partial charge in [0.15, 0.2) is 48.9 Å². The third-order valence-electron chi connectivity index (χ3n) is 22.8. The summed E-state index contributed by atoms with van der Waals surface area (Å²) in [6.07, 6.45) is 0.277. The molecule has 8 fully saturated rings. The molecule has 776 valence electrons. The Morgan fingerprint density at radius 3 is 1.06 bits per heavy atom. The van der Waals surface area contributed by atoms with E-state index in [9.17, 15) is 73.8 Å². The molecule has 59 heteroatoms. The molecule has 9 aliphatic heterocycles. The van der Waals surface area contributed by atoms with Crippen LogP contribution in [0.5, 0.6) is 0 Å². The first-order valence-corrected chi connectivity index (χ1v) is 43.5. The number of hydrogen-bond acceptors (Lipinski definition) is 48. The van der Waals surface area contributed by atoms with E-state index >= 15 is 0 Å². The summed E-state index contributed by atoms with van der Waals surface area (Å²) in [5.74, 6) is 0.766. The average Bonchev–Trinajstić information content (AvgIpc) is 1.58. The van der Waals surface area contributed by atoms with Crippen molar-refractivity contribution in [3.8, 4) is 0 Å². The number of aliphatic hydroxyl groups is 7. The lowest BCUT2D eigenvalue weighted by Crippen LogP contribution is -2.36. The van der Waals surface area contributed by atoms with Crippen molar-refractivity contribution in [1.29, 1.82) is 0 Å². The number of aldehydes is 1. The van der Waals surface area contributed by atoms with Crippen molar-refractivity contribution in [3.05, 3.63) is 228 Å². The van der Waals surface area contributed by atoms with Gasteiger partial charge in [0.1, 0.15) is 139 Å². The molecule has 8 saturated heterocycles. The Bertz CT molecular complexity index is 6220. The summed E-state index contributed by atoms with van der Waals surface area (Å²) in [5.41, 5.74) is 39.3. The van der Waals surface area contributed by atoms with E-state index in [-0.39, 0.29) is 127 Å². The lowest BCUT2D eigenvalue weighted by molar-refractivity contribution is -0.114. The van der Waals surface area contributed by atoms with Crippen LogP contribution >= 0.6 is 0 Å². The van der Waals surface area contributed by atoms with Crippen LogP contribution in [0.1, 0.15) is 69.1 Å². The zero-order valence-corrected chi connectivity index (χ0v) is 77.9. The summed E-state index contributed by atoms with van der Waals surface area (Å²) in [6.45, 7) is 22.8. The third kappa shape index (κ3) is 28.3. The van der Waals surface area contributed by atoms with Gasteiger partial charge in [0.2, 0.25) is 0 Å². The molecule has 0 bridgehead atoms. The number of epoxide rings is 1. The van der Waals surface area contributed by atoms with E-state index in [1.165, 1.54) is 125 Å². The molecule has 59 nitrogen and oxygen atoms in total. The summed E-state index contributed by atoms with van der Waals surface area (Å²) in [6, 6.07) is 10.8. The van der Waals surface area contributed by atoms with Crippen LogP contribution < -0.4 is 91.4 Å². The van der Waals surface area contributed by atoms with Crippen LogP contribution in [-0.4, -0.2) is 331 Å². The minimum Gasteiger partial charge on any atom is -0.396 e. The van der Waals surface area contributed by atoms with Crippen LogP contribution in [0.4, 0.5) is 46.5 Å². The van der Waals surface area contributed by atoms with E-state index in [1.54, 1.807) is 51.9 Å². The van der Waals surface area contributed by atoms with E-state index in [4.69, 9.17) is 146 Å². The Labute approximate surface area is 810 Å². The van der Waals surface area contributed by atoms with Crippen molar-refractivity contribution in [2.24, 2.45) is 11.8 Å². The predicted octanol–water partition coefficient (Wildman–Crippen LogP) is -7.15. The lowest BCUT2D eigenvalue weighted by atomic mass is 10.0. The largest absolute Gasteiger partial charge is 0.396 e. The van der Waals surface area contributed by atoms with E-state index in [1.807, 2.05) is 0 Å². The first-order valence-electron chi connectivity index (χ1n) is 43.5. The van der Waals surface area contributed by atoms with Gasteiger partial charge in [-0.2, -0.15) is 39.9 Å². The zero-order valence-electron chi connectivity index (χ0n) is 77.9. The minimum absolute atomic E-state index is 0.00166. The summed E-state index contributed by atoms with van der Waals surface area (Å²) >= 11 is 0. The summed E-state index contributed by atoms with van der Waals surface area (Å²) < 4.78 is 94.6. The smallest absolute Gasteiger partial charge is 0.351 e. The summed E-state index contributed by atoms with van der Waals surface area (Å²) in [7, 11) is 10.7. The van der Waals surface area contributed by atoms with Gasteiger partial charge >= 0.3 is 45.5 Å². The second-order valence-corrected chi connectivity index (χ2v) is 32.4. The van der Waals surface area contributed by atoms with Gasteiger partial charge in [0.05, 0.1) is 78.1 Å². The van der Waals surface area contributed by atoms with Crippen molar-refractivity contribution >= 4 is 52.8 Å². The van der Waals surface area contributed by atoms with Gasteiger partial charge in [0.25, 0.3) is 12.1 Å². The summed E-state index contributed by atoms with van der Waals surface area (Å²) in [5, 5.41) is 67.1. The second-order valence-electron chi connectivity index (χ2n) is 32.4. The molecule has 8 aromatic rings. The molecule has 1 unspecified atom stereocenters. The number of nitrogen functional groups attached to an aromatic ring is 8. The van der Waals surface area contributed by atoms with E-state index in [0.29, 0.717) is 51.4 Å². The quantitative estimate of drug-likeness (QED) is 0.0144. The first kappa shape index (κ1) is 111. The molecule has 0 amide bonds. The van der Waals surface area contributed by atoms with Gasteiger partial charge in [-0.15, -0.1) is 0 Å². The van der Waals surface area contributed by atoms with Gasteiger partial charge in [-0.1, -0.05) is 0 Å². The van der Waals surface area contributed by atoms with Crippen LogP contribution in [0, 0.1) is 31.6 Å². The van der Waals surface area contributed by atoms with E-state index in [2.05, 4.69) is 54.4 Å². The van der Waals surface area contributed by atoms with Gasteiger partial charge in [-0.25, -0.2) is 56.3 Å². The number of aromatic nitrogens is 16. The Hall–Kier alpha value is -13.6. The van der Waals surface area contributed by atoms with Gasteiger partial charge in [-0.3, -0.25) is 36.5 Å². The number of carbonyl (C=O) groups is 1. The standard InChI is InChI=1S/C11H14N4O4.C11H14N4O3.C11H12N4O3.C11H17N3O4.C11H15N3O4.C10H15N3O5.C10H13N3O4.C9H13N3O5/c1-13-8-6(5-18-2)19-10(9(8)16)15-4-3-7(12)14-11(15)17;2*1-13-7-5-10(18-8(7)6-17-2)15-4-3-9(12)14-11(15)16;2*1-17-6-8-7(5-15)4-10(18-8)14-3-2-9(12)13-11(14)16;1-17-4-5-7(14)8(15)9(18-5)13-3-2-6(11)12-10(13)16;1-15-4-5-7-8(17-7)9(16-5)13-3-2-6(11)12-10(13)14;10-5-1-2-12(9(16)11-5)8-7(15)6(14)4(3-13)17-8/h3-4,6,8-10,16H,5H2,2H3,(H2,12,14,17);3-4,7-8,10H,5-6H2,2H3,(H2,12,14,16);3-5,8,10H,6H2,2H3,(H2,12,14,16);2-3,7-8,10,15H,4-6H2,1H3,(H2,12,13,16);2-3,5,7-8,10H,4,6H2,1H3,(H2,12,13,16);2-3,5,7-9,14-15H,4H2,1H3,(H2,11,12,16);2-3,5,7-9H,4H2,1H3,(H2,11,12,14);1-2,4,6-8,13-15H,3H2,(H2,10,11,16)/t6-,8-,9+,10-;7?,8-,10-;8-,10-;2*7-,8-,10-;5-,7-,8-,9-;5-,7+,8+,9-;4-,6-,7-,8-/m11111111/s1. The molecule has 23 N–H and O–H groups in total. The van der Waals surface area contributed by atoms with E-state index in [0.717, 1.165) is 20.0 Å². The molecule has 0 saturated carbocycles. The third-order valence-corrected chi connectivity index (χ3v) is 22.8. The van der Waals surface area contributed by atoms with Crippen molar-refractivity contribution in [3.63, 3.8) is 0 Å². The summed E-state index contributed by atoms with van der Waals surface area (Å²) in [4.78, 5) is 143. The average molecular weight is 2010 g/mol. The molecular weight excluding hydrogens is 1900 g/mol. The number of nitrogens with zero attached hydrogens (tertiary/aromatic N) is 19. The molecule has 0 radical (unpaired) electrons. The highest BCUT2D eigenvalue weighted by Crippen LogP contribution is 2.45.